The molecule has 1 fully saturated rings. The number of halogens is 1. The minimum absolute atomic E-state index is 0.0277. The first-order valence-electron chi connectivity index (χ1n) is 9.60. The number of anilines is 1. The summed E-state index contributed by atoms with van der Waals surface area (Å²) in [4.78, 5) is 15.1. The fourth-order valence-corrected chi connectivity index (χ4v) is 3.47. The molecule has 0 radical (unpaired) electrons. The van der Waals surface area contributed by atoms with Crippen LogP contribution in [0.5, 0.6) is 5.75 Å². The second-order valence-electron chi connectivity index (χ2n) is 6.95. The van der Waals surface area contributed by atoms with E-state index in [0.29, 0.717) is 11.6 Å². The van der Waals surface area contributed by atoms with Crippen LogP contribution in [0.2, 0.25) is 5.02 Å². The van der Waals surface area contributed by atoms with Gasteiger partial charge < -0.3 is 15.0 Å². The van der Waals surface area contributed by atoms with Crippen LogP contribution in [0.3, 0.4) is 0 Å². The van der Waals surface area contributed by atoms with Gasteiger partial charge in [-0.3, -0.25) is 4.79 Å². The third-order valence-electron chi connectivity index (χ3n) is 5.24. The third kappa shape index (κ3) is 4.82. The summed E-state index contributed by atoms with van der Waals surface area (Å²) in [5.41, 5.74) is 1.33. The molecule has 0 unspecified atom stereocenters. The van der Waals surface area contributed by atoms with Crippen LogP contribution in [0.1, 0.15) is 32.3 Å². The van der Waals surface area contributed by atoms with Gasteiger partial charge in [0.05, 0.1) is 5.41 Å². The van der Waals surface area contributed by atoms with E-state index in [4.69, 9.17) is 16.3 Å². The number of hydrogen-bond acceptors (Lipinski definition) is 3. The van der Waals surface area contributed by atoms with E-state index in [1.807, 2.05) is 48.5 Å². The molecular weight excluding hydrogens is 360 g/mol. The summed E-state index contributed by atoms with van der Waals surface area (Å²) < 4.78 is 5.79. The topological polar surface area (TPSA) is 41.6 Å². The van der Waals surface area contributed by atoms with E-state index in [0.717, 1.165) is 49.5 Å². The molecule has 2 aromatic carbocycles. The van der Waals surface area contributed by atoms with Crippen LogP contribution in [0.4, 0.5) is 5.69 Å². The van der Waals surface area contributed by atoms with E-state index in [2.05, 4.69) is 24.1 Å². The Morgan fingerprint density at radius 1 is 1.15 bits per heavy atom. The maximum atomic E-state index is 12.8. The highest BCUT2D eigenvalue weighted by atomic mass is 35.5. The lowest BCUT2D eigenvalue weighted by molar-refractivity contribution is -0.118. The molecule has 27 heavy (non-hydrogen) atoms. The van der Waals surface area contributed by atoms with Gasteiger partial charge in [-0.1, -0.05) is 37.6 Å². The minimum Gasteiger partial charge on any atom is -0.492 e. The zero-order chi connectivity index (χ0) is 19.3. The number of carbonyl (C=O) groups is 1. The lowest BCUT2D eigenvalue weighted by atomic mass is 9.95. The van der Waals surface area contributed by atoms with E-state index in [-0.39, 0.29) is 5.91 Å². The standard InChI is InChI=1S/C22H27ClN2O2/c1-3-25(4-2)14-15-27-20-10-8-19(9-11-20)24-21(26)22(12-13-22)17-6-5-7-18(23)16-17/h5-11,16H,3-4,12-15H2,1-2H3,(H,24,26). The van der Waals surface area contributed by atoms with Crippen LogP contribution in [0, 0.1) is 0 Å². The second-order valence-corrected chi connectivity index (χ2v) is 7.38. The van der Waals surface area contributed by atoms with Crippen molar-refractivity contribution in [2.24, 2.45) is 0 Å². The fraction of sp³-hybridized carbons (Fsp3) is 0.409. The summed E-state index contributed by atoms with van der Waals surface area (Å²) in [6.45, 7) is 7.92. The van der Waals surface area contributed by atoms with Gasteiger partial charge in [-0.15, -0.1) is 0 Å². The Morgan fingerprint density at radius 2 is 1.85 bits per heavy atom. The Hall–Kier alpha value is -2.04. The smallest absolute Gasteiger partial charge is 0.235 e. The molecule has 0 bridgehead atoms. The molecular formula is C22H27ClN2O2. The van der Waals surface area contributed by atoms with Crippen molar-refractivity contribution in [2.45, 2.75) is 32.1 Å². The Kier molecular flexibility index (Phi) is 6.40. The van der Waals surface area contributed by atoms with Crippen LogP contribution in [-0.4, -0.2) is 37.0 Å². The van der Waals surface area contributed by atoms with E-state index in [1.165, 1.54) is 0 Å². The van der Waals surface area contributed by atoms with E-state index >= 15 is 0 Å². The van der Waals surface area contributed by atoms with E-state index in [9.17, 15) is 4.79 Å². The lowest BCUT2D eigenvalue weighted by Crippen LogP contribution is -2.28. The molecule has 0 atom stereocenters. The number of rotatable bonds is 9. The highest BCUT2D eigenvalue weighted by molar-refractivity contribution is 6.30. The number of hydrogen-bond donors (Lipinski definition) is 1. The van der Waals surface area contributed by atoms with Crippen molar-refractivity contribution in [3.8, 4) is 5.75 Å². The summed E-state index contributed by atoms with van der Waals surface area (Å²) in [5, 5.41) is 3.70. The molecule has 1 aliphatic rings. The van der Waals surface area contributed by atoms with Crippen molar-refractivity contribution < 1.29 is 9.53 Å². The first kappa shape index (κ1) is 19.7. The number of nitrogens with zero attached hydrogens (tertiary/aromatic N) is 1. The van der Waals surface area contributed by atoms with Gasteiger partial charge >= 0.3 is 0 Å². The number of amides is 1. The molecule has 144 valence electrons. The van der Waals surface area contributed by atoms with Crippen LogP contribution < -0.4 is 10.1 Å². The van der Waals surface area contributed by atoms with Gasteiger partial charge in [-0.25, -0.2) is 0 Å². The summed E-state index contributed by atoms with van der Waals surface area (Å²) in [5.74, 6) is 0.844. The molecule has 1 amide bonds. The quantitative estimate of drug-likeness (QED) is 0.677. The maximum absolute atomic E-state index is 12.8. The molecule has 4 nitrogen and oxygen atoms in total. The molecule has 1 N–H and O–H groups in total. The highest BCUT2D eigenvalue weighted by Gasteiger charge is 2.51. The third-order valence-corrected chi connectivity index (χ3v) is 5.48. The van der Waals surface area contributed by atoms with Gasteiger partial charge in [0.25, 0.3) is 0 Å². The first-order valence-corrected chi connectivity index (χ1v) is 9.98. The van der Waals surface area contributed by atoms with Crippen molar-refractivity contribution >= 4 is 23.2 Å². The maximum Gasteiger partial charge on any atom is 0.235 e. The number of ether oxygens (including phenoxy) is 1. The summed E-state index contributed by atoms with van der Waals surface area (Å²) in [6, 6.07) is 15.2. The van der Waals surface area contributed by atoms with E-state index < -0.39 is 5.41 Å². The molecule has 0 aliphatic heterocycles. The van der Waals surface area contributed by atoms with Gasteiger partial charge in [0.1, 0.15) is 12.4 Å². The molecule has 1 saturated carbocycles. The van der Waals surface area contributed by atoms with Crippen LogP contribution >= 0.6 is 11.6 Å². The lowest BCUT2D eigenvalue weighted by Gasteiger charge is -2.18. The van der Waals surface area contributed by atoms with Crippen LogP contribution in [0.25, 0.3) is 0 Å². The predicted octanol–water partition coefficient (Wildman–Crippen LogP) is 4.73. The van der Waals surface area contributed by atoms with Crippen molar-refractivity contribution in [1.82, 2.24) is 4.90 Å². The second kappa shape index (κ2) is 8.77. The molecule has 2 aromatic rings. The largest absolute Gasteiger partial charge is 0.492 e. The number of benzene rings is 2. The molecule has 1 aliphatic carbocycles. The summed E-state index contributed by atoms with van der Waals surface area (Å²) in [6.07, 6.45) is 1.71. The normalized spacial score (nSPS) is 14.8. The van der Waals surface area contributed by atoms with Crippen molar-refractivity contribution in [3.05, 3.63) is 59.1 Å². The first-order chi connectivity index (χ1) is 13.1. The van der Waals surface area contributed by atoms with Crippen molar-refractivity contribution in [2.75, 3.05) is 31.6 Å². The summed E-state index contributed by atoms with van der Waals surface area (Å²) in [7, 11) is 0. The average Bonchev–Trinajstić information content (AvgIpc) is 3.49. The zero-order valence-electron chi connectivity index (χ0n) is 16.0. The summed E-state index contributed by atoms with van der Waals surface area (Å²) >= 11 is 6.09. The molecule has 3 rings (SSSR count). The molecule has 0 saturated heterocycles. The predicted molar refractivity (Wildman–Crippen MR) is 111 cm³/mol. The van der Waals surface area contributed by atoms with Gasteiger partial charge in [0.2, 0.25) is 5.91 Å². The molecule has 0 heterocycles. The molecule has 0 aromatic heterocycles. The number of carbonyl (C=O) groups excluding carboxylic acids is 1. The Labute approximate surface area is 166 Å². The molecule has 5 heteroatoms. The monoisotopic (exact) mass is 386 g/mol. The molecule has 0 spiro atoms. The van der Waals surface area contributed by atoms with Gasteiger partial charge in [-0.2, -0.15) is 0 Å². The number of likely N-dealkylation sites (N-methyl/N-ethyl adjacent to an activating group) is 1. The zero-order valence-corrected chi connectivity index (χ0v) is 16.8. The Bertz CT molecular complexity index is 768. The van der Waals surface area contributed by atoms with Crippen molar-refractivity contribution in [1.29, 1.82) is 0 Å². The fourth-order valence-electron chi connectivity index (χ4n) is 3.28. The number of nitrogens with one attached hydrogen (secondary N) is 1. The van der Waals surface area contributed by atoms with Crippen LogP contribution in [0.15, 0.2) is 48.5 Å². The van der Waals surface area contributed by atoms with Crippen molar-refractivity contribution in [3.63, 3.8) is 0 Å². The van der Waals surface area contributed by atoms with Gasteiger partial charge in [0.15, 0.2) is 0 Å². The van der Waals surface area contributed by atoms with Gasteiger partial charge in [0, 0.05) is 17.3 Å². The Balaban J connectivity index is 1.56. The minimum atomic E-state index is -0.441. The SMILES string of the molecule is CCN(CC)CCOc1ccc(NC(=O)C2(c3cccc(Cl)c3)CC2)cc1. The average molecular weight is 387 g/mol. The van der Waals surface area contributed by atoms with E-state index in [1.54, 1.807) is 0 Å². The van der Waals surface area contributed by atoms with Gasteiger partial charge in [-0.05, 0) is 67.9 Å². The van der Waals surface area contributed by atoms with Crippen LogP contribution in [-0.2, 0) is 10.2 Å². The highest BCUT2D eigenvalue weighted by Crippen LogP contribution is 2.49. The Morgan fingerprint density at radius 3 is 2.44 bits per heavy atom.